The Kier molecular flexibility index (Phi) is 4.73. The number of hydrogen-bond donors (Lipinski definition) is 2. The molecular weight excluding hydrogens is 260 g/mol. The minimum atomic E-state index is -0.357. The molecule has 0 saturated carbocycles. The van der Waals surface area contributed by atoms with E-state index in [4.69, 9.17) is 9.26 Å². The van der Waals surface area contributed by atoms with Crippen molar-refractivity contribution in [2.45, 2.75) is 12.5 Å². The van der Waals surface area contributed by atoms with Gasteiger partial charge >= 0.3 is 0 Å². The van der Waals surface area contributed by atoms with Crippen molar-refractivity contribution in [3.63, 3.8) is 0 Å². The maximum atomic E-state index is 11.9. The van der Waals surface area contributed by atoms with Gasteiger partial charge in [0.15, 0.2) is 0 Å². The Bertz CT molecular complexity index is 603. The first-order valence-electron chi connectivity index (χ1n) is 6.19. The third-order valence-corrected chi connectivity index (χ3v) is 2.78. The van der Waals surface area contributed by atoms with Crippen LogP contribution in [0.25, 0.3) is 0 Å². The lowest BCUT2D eigenvalue weighted by atomic mass is 10.1. The number of amides is 1. The van der Waals surface area contributed by atoms with E-state index >= 15 is 0 Å². The van der Waals surface area contributed by atoms with Crippen molar-refractivity contribution in [2.24, 2.45) is 0 Å². The first-order valence-corrected chi connectivity index (χ1v) is 6.19. The highest BCUT2D eigenvalue weighted by molar-refractivity contribution is 5.78. The van der Waals surface area contributed by atoms with Crippen LogP contribution in [0.4, 0.5) is 0 Å². The molecule has 6 heteroatoms. The zero-order valence-corrected chi connectivity index (χ0v) is 11.1. The number of aromatic amines is 1. The Balaban J connectivity index is 2.01. The molecule has 1 heterocycles. The second-order valence-corrected chi connectivity index (χ2v) is 4.34. The first-order chi connectivity index (χ1) is 9.69. The molecule has 6 nitrogen and oxygen atoms in total. The Labute approximate surface area is 115 Å². The summed E-state index contributed by atoms with van der Waals surface area (Å²) in [6.45, 7) is 0.368. The van der Waals surface area contributed by atoms with E-state index in [1.807, 2.05) is 30.3 Å². The fourth-order valence-corrected chi connectivity index (χ4v) is 1.88. The minimum absolute atomic E-state index is 0.00574. The molecule has 1 amide bonds. The smallest absolute Gasteiger partial charge is 0.280 e. The van der Waals surface area contributed by atoms with E-state index in [0.29, 0.717) is 12.4 Å². The van der Waals surface area contributed by atoms with Crippen LogP contribution in [0.2, 0.25) is 0 Å². The van der Waals surface area contributed by atoms with Crippen LogP contribution >= 0.6 is 0 Å². The molecule has 0 bridgehead atoms. The summed E-state index contributed by atoms with van der Waals surface area (Å²) in [5.41, 5.74) is 0.600. The molecule has 0 spiro atoms. The van der Waals surface area contributed by atoms with Crippen LogP contribution in [0.1, 0.15) is 17.4 Å². The van der Waals surface area contributed by atoms with Gasteiger partial charge in [-0.25, -0.2) is 0 Å². The molecule has 2 N–H and O–H groups in total. The number of nitrogens with one attached hydrogen (secondary N) is 2. The average molecular weight is 276 g/mol. The molecule has 0 saturated heterocycles. The molecule has 2 aromatic rings. The van der Waals surface area contributed by atoms with Gasteiger partial charge in [-0.15, -0.1) is 0 Å². The normalized spacial score (nSPS) is 12.1. The molecule has 0 aliphatic heterocycles. The van der Waals surface area contributed by atoms with E-state index in [9.17, 15) is 9.59 Å². The van der Waals surface area contributed by atoms with E-state index in [1.54, 1.807) is 7.11 Å². The van der Waals surface area contributed by atoms with Gasteiger partial charge < -0.3 is 14.6 Å². The summed E-state index contributed by atoms with van der Waals surface area (Å²) in [5.74, 6) is 0.0652. The number of aromatic nitrogens is 1. The molecule has 1 aromatic heterocycles. The van der Waals surface area contributed by atoms with Crippen molar-refractivity contribution in [3.05, 3.63) is 58.1 Å². The average Bonchev–Trinajstić information content (AvgIpc) is 2.84. The molecule has 0 aliphatic rings. The Morgan fingerprint density at radius 3 is 2.75 bits per heavy atom. The summed E-state index contributed by atoms with van der Waals surface area (Å²) in [5, 5.41) is 5.00. The molecular formula is C14H16N2O4. The maximum absolute atomic E-state index is 11.9. The molecule has 1 aromatic carbocycles. The summed E-state index contributed by atoms with van der Waals surface area (Å²) in [6.07, 6.45) is 0.00574. The highest BCUT2D eigenvalue weighted by Gasteiger charge is 2.15. The molecule has 0 fully saturated rings. The molecule has 0 radical (unpaired) electrons. The van der Waals surface area contributed by atoms with Crippen molar-refractivity contribution >= 4 is 5.91 Å². The monoisotopic (exact) mass is 276 g/mol. The van der Waals surface area contributed by atoms with Gasteiger partial charge in [-0.3, -0.25) is 9.59 Å². The largest absolute Gasteiger partial charge is 0.383 e. The zero-order valence-electron chi connectivity index (χ0n) is 11.1. The van der Waals surface area contributed by atoms with Gasteiger partial charge in [0.05, 0.1) is 19.1 Å². The van der Waals surface area contributed by atoms with Gasteiger partial charge in [0.2, 0.25) is 5.91 Å². The van der Waals surface area contributed by atoms with Gasteiger partial charge in [0.1, 0.15) is 5.76 Å². The first kappa shape index (κ1) is 14.1. The highest BCUT2D eigenvalue weighted by Crippen LogP contribution is 2.13. The van der Waals surface area contributed by atoms with Crippen molar-refractivity contribution in [2.75, 3.05) is 13.7 Å². The van der Waals surface area contributed by atoms with E-state index in [-0.39, 0.29) is 23.9 Å². The predicted molar refractivity (Wildman–Crippen MR) is 72.2 cm³/mol. The number of ether oxygens (including phenoxy) is 1. The Morgan fingerprint density at radius 1 is 1.40 bits per heavy atom. The summed E-state index contributed by atoms with van der Waals surface area (Å²) in [4.78, 5) is 22.9. The van der Waals surface area contributed by atoms with Crippen molar-refractivity contribution in [1.82, 2.24) is 10.5 Å². The third-order valence-electron chi connectivity index (χ3n) is 2.78. The fraction of sp³-hybridized carbons (Fsp3) is 0.286. The standard InChI is InChI=1S/C14H16N2O4/c1-19-9-12(10-5-3-2-4-6-10)15-13(17)7-11-8-14(18)16-20-11/h2-6,8,12H,7,9H2,1H3,(H,15,17)(H,16,18). The lowest BCUT2D eigenvalue weighted by Gasteiger charge is -2.18. The lowest BCUT2D eigenvalue weighted by molar-refractivity contribution is -0.121. The van der Waals surface area contributed by atoms with Gasteiger partial charge in [-0.1, -0.05) is 30.3 Å². The third kappa shape index (κ3) is 3.83. The van der Waals surface area contributed by atoms with Crippen molar-refractivity contribution in [3.8, 4) is 0 Å². The number of hydrogen-bond acceptors (Lipinski definition) is 4. The SMILES string of the molecule is COCC(NC(=O)Cc1cc(=O)[nH]o1)c1ccccc1. The molecule has 106 valence electrons. The number of benzene rings is 1. The molecule has 2 rings (SSSR count). The predicted octanol–water partition coefficient (Wildman–Crippen LogP) is 1.01. The number of carbonyl (C=O) groups excluding carboxylic acids is 1. The van der Waals surface area contributed by atoms with E-state index in [2.05, 4.69) is 10.5 Å². The van der Waals surface area contributed by atoms with Crippen molar-refractivity contribution in [1.29, 1.82) is 0 Å². The minimum Gasteiger partial charge on any atom is -0.383 e. The summed E-state index contributed by atoms with van der Waals surface area (Å²) in [6, 6.07) is 10.6. The van der Waals surface area contributed by atoms with Crippen LogP contribution in [0.5, 0.6) is 0 Å². The maximum Gasteiger partial charge on any atom is 0.280 e. The van der Waals surface area contributed by atoms with Crippen LogP contribution in [0.3, 0.4) is 0 Å². The summed E-state index contributed by atoms with van der Waals surface area (Å²) < 4.78 is 9.97. The molecule has 20 heavy (non-hydrogen) atoms. The van der Waals surface area contributed by atoms with Gasteiger partial charge in [-0.2, -0.15) is 5.16 Å². The number of H-pyrrole nitrogens is 1. The molecule has 0 aliphatic carbocycles. The number of rotatable bonds is 6. The van der Waals surface area contributed by atoms with E-state index in [0.717, 1.165) is 5.56 Å². The van der Waals surface area contributed by atoms with Crippen LogP contribution in [0.15, 0.2) is 45.7 Å². The number of carbonyl (C=O) groups is 1. The Morgan fingerprint density at radius 2 is 2.15 bits per heavy atom. The zero-order chi connectivity index (χ0) is 14.4. The van der Waals surface area contributed by atoms with Gasteiger partial charge in [0, 0.05) is 13.2 Å². The second-order valence-electron chi connectivity index (χ2n) is 4.34. The van der Waals surface area contributed by atoms with Crippen LogP contribution in [-0.4, -0.2) is 24.8 Å². The summed E-state index contributed by atoms with van der Waals surface area (Å²) in [7, 11) is 1.58. The van der Waals surface area contributed by atoms with E-state index in [1.165, 1.54) is 6.07 Å². The lowest BCUT2D eigenvalue weighted by Crippen LogP contribution is -2.32. The van der Waals surface area contributed by atoms with Gasteiger partial charge in [-0.05, 0) is 5.56 Å². The van der Waals surface area contributed by atoms with Crippen molar-refractivity contribution < 1.29 is 14.1 Å². The van der Waals surface area contributed by atoms with E-state index < -0.39 is 0 Å². The van der Waals surface area contributed by atoms with Gasteiger partial charge in [0.25, 0.3) is 5.56 Å². The number of methoxy groups -OCH3 is 1. The topological polar surface area (TPSA) is 84.3 Å². The van der Waals surface area contributed by atoms with Crippen LogP contribution in [-0.2, 0) is 16.0 Å². The molecule has 1 atom stereocenters. The second kappa shape index (κ2) is 6.72. The van der Waals surface area contributed by atoms with Crippen LogP contribution < -0.4 is 10.9 Å². The summed E-state index contributed by atoms with van der Waals surface area (Å²) >= 11 is 0. The quantitative estimate of drug-likeness (QED) is 0.824. The molecule has 1 unspecified atom stereocenters. The highest BCUT2D eigenvalue weighted by atomic mass is 16.5. The Hall–Kier alpha value is -2.34. The fourth-order valence-electron chi connectivity index (χ4n) is 1.88. The van der Waals surface area contributed by atoms with Crippen LogP contribution in [0, 0.1) is 0 Å².